The van der Waals surface area contributed by atoms with Crippen molar-refractivity contribution in [1.82, 2.24) is 14.7 Å². The van der Waals surface area contributed by atoms with Crippen LogP contribution in [0, 0.1) is 0 Å². The second-order valence-corrected chi connectivity index (χ2v) is 15.9. The number of nitrogens with zero attached hydrogens (tertiary/aromatic N) is 3. The van der Waals surface area contributed by atoms with E-state index in [0.717, 1.165) is 25.7 Å². The van der Waals surface area contributed by atoms with Gasteiger partial charge in [0.2, 0.25) is 5.91 Å². The van der Waals surface area contributed by atoms with Gasteiger partial charge in [-0.3, -0.25) is 9.59 Å². The number of hydrogen-bond acceptors (Lipinski definition) is 5. The Kier molecular flexibility index (Phi) is 12.7. The maximum atomic E-state index is 13.8. The Labute approximate surface area is 332 Å². The molecule has 3 aromatic rings. The highest BCUT2D eigenvalue weighted by Crippen LogP contribution is 2.48. The molecule has 0 unspecified atom stereocenters. The number of ether oxygens (including phenoxy) is 2. The fourth-order valence-electron chi connectivity index (χ4n) is 8.35. The van der Waals surface area contributed by atoms with Gasteiger partial charge in [0.15, 0.2) is 0 Å². The molecule has 7 nitrogen and oxygen atoms in total. The van der Waals surface area contributed by atoms with Crippen LogP contribution in [0.25, 0.3) is 0 Å². The van der Waals surface area contributed by atoms with Gasteiger partial charge in [-0.15, -0.1) is 0 Å². The minimum absolute atomic E-state index is 0.00107. The number of carbonyl (C=O) groups excluding carboxylic acids is 2. The Morgan fingerprint density at radius 3 is 2.25 bits per heavy atom. The molecule has 0 radical (unpaired) electrons. The average Bonchev–Trinajstić information content (AvgIpc) is 3.47. The van der Waals surface area contributed by atoms with Crippen LogP contribution in [0.5, 0.6) is 0 Å². The van der Waals surface area contributed by atoms with Crippen molar-refractivity contribution in [3.8, 4) is 0 Å². The monoisotopic (exact) mass is 827 g/mol. The first kappa shape index (κ1) is 42.3. The number of alkyl halides is 6. The summed E-state index contributed by atoms with van der Waals surface area (Å²) in [6.45, 7) is 4.39. The number of likely N-dealkylation sites (N-methyl/N-ethyl adjacent to an activating group) is 1. The summed E-state index contributed by atoms with van der Waals surface area (Å²) in [7, 11) is 1.80. The zero-order valence-corrected chi connectivity index (χ0v) is 32.8. The standard InChI is InChI=1S/C41H45Cl2F6N3O4/c1-3-4-14-50(2)36(53)25-55-35-22-27-7-5-6-8-32(27)38(35)11-15-51(16-12-38)17-13-39(29-9-10-33(42)34(43)24-29)26-52(18-19-56-39)37(54)28-20-30(40(44,45)46)23-31(21-28)41(47,48)49/h5-10,20-21,23-24,35H,3-4,11-19,22,25-26H2,1-2H3/t35-,39-/m0/s1. The third-order valence-corrected chi connectivity index (χ3v) is 12.3. The minimum atomic E-state index is -5.10. The summed E-state index contributed by atoms with van der Waals surface area (Å²) in [6, 6.07) is 14.1. The molecule has 3 aliphatic rings. The summed E-state index contributed by atoms with van der Waals surface area (Å²) >= 11 is 12.7. The highest BCUT2D eigenvalue weighted by molar-refractivity contribution is 6.42. The minimum Gasteiger partial charge on any atom is -0.367 e. The first-order chi connectivity index (χ1) is 26.5. The molecule has 15 heteroatoms. The summed E-state index contributed by atoms with van der Waals surface area (Å²) < 4.78 is 95.1. The third kappa shape index (κ3) is 9.02. The second-order valence-electron chi connectivity index (χ2n) is 15.1. The second kappa shape index (κ2) is 16.9. The smallest absolute Gasteiger partial charge is 0.367 e. The number of rotatable bonds is 11. The van der Waals surface area contributed by atoms with Gasteiger partial charge in [0, 0.05) is 37.7 Å². The molecule has 2 saturated heterocycles. The number of benzene rings is 3. The van der Waals surface area contributed by atoms with E-state index in [1.165, 1.54) is 16.0 Å². The number of likely N-dealkylation sites (tertiary alicyclic amines) is 1. The lowest BCUT2D eigenvalue weighted by atomic mass is 9.72. The molecule has 6 rings (SSSR count). The first-order valence-corrected chi connectivity index (χ1v) is 19.6. The van der Waals surface area contributed by atoms with Gasteiger partial charge in [0.1, 0.15) is 12.2 Å². The van der Waals surface area contributed by atoms with E-state index >= 15 is 0 Å². The lowest BCUT2D eigenvalue weighted by Gasteiger charge is -2.46. The number of halogens is 8. The van der Waals surface area contributed by atoms with E-state index in [-0.39, 0.29) is 59.8 Å². The Hall–Kier alpha value is -3.36. The number of fused-ring (bicyclic) bond motifs is 2. The normalized spacial score (nSPS) is 21.3. The van der Waals surface area contributed by atoms with Crippen molar-refractivity contribution in [2.45, 2.75) is 74.9 Å². The first-order valence-electron chi connectivity index (χ1n) is 18.8. The number of piperidine rings is 1. The largest absolute Gasteiger partial charge is 0.416 e. The zero-order chi connectivity index (χ0) is 40.5. The van der Waals surface area contributed by atoms with Crippen molar-refractivity contribution in [1.29, 1.82) is 0 Å². The van der Waals surface area contributed by atoms with Crippen LogP contribution in [-0.2, 0) is 44.1 Å². The van der Waals surface area contributed by atoms with Gasteiger partial charge in [-0.2, -0.15) is 26.3 Å². The number of hydrogen-bond donors (Lipinski definition) is 0. The van der Waals surface area contributed by atoms with Gasteiger partial charge in [-0.25, -0.2) is 0 Å². The Balaban J connectivity index is 1.21. The highest BCUT2D eigenvalue weighted by Gasteiger charge is 2.50. The highest BCUT2D eigenvalue weighted by atomic mass is 35.5. The topological polar surface area (TPSA) is 62.3 Å². The van der Waals surface area contributed by atoms with E-state index in [4.69, 9.17) is 32.7 Å². The SMILES string of the molecule is CCCCN(C)C(=O)CO[C@H]1Cc2ccccc2C12CCN(CC[C@@]1(c3ccc(Cl)c(Cl)c3)CN(C(=O)c3cc(C(F)(F)F)cc(C(F)(F)F)c3)CCO1)CC2. The molecular weight excluding hydrogens is 783 g/mol. The Morgan fingerprint density at radius 2 is 1.61 bits per heavy atom. The predicted molar refractivity (Wildman–Crippen MR) is 201 cm³/mol. The van der Waals surface area contributed by atoms with Gasteiger partial charge >= 0.3 is 12.4 Å². The lowest BCUT2D eigenvalue weighted by Crippen LogP contribution is -2.54. The Morgan fingerprint density at radius 1 is 0.929 bits per heavy atom. The van der Waals surface area contributed by atoms with Gasteiger partial charge in [0.05, 0.1) is 40.4 Å². The molecule has 0 bridgehead atoms. The van der Waals surface area contributed by atoms with Gasteiger partial charge in [-0.05, 0) is 92.2 Å². The maximum absolute atomic E-state index is 13.8. The van der Waals surface area contributed by atoms with Crippen LogP contribution in [0.4, 0.5) is 26.3 Å². The molecule has 2 heterocycles. The quantitative estimate of drug-likeness (QED) is 0.181. The predicted octanol–water partition coefficient (Wildman–Crippen LogP) is 9.02. The number of unbranched alkanes of at least 4 members (excludes halogenated alkanes) is 1. The van der Waals surface area contributed by atoms with Crippen LogP contribution in [0.15, 0.2) is 60.7 Å². The van der Waals surface area contributed by atoms with Crippen molar-refractivity contribution in [3.63, 3.8) is 0 Å². The molecule has 3 aromatic carbocycles. The molecule has 2 atom stereocenters. The number of amides is 2. The summed E-state index contributed by atoms with van der Waals surface area (Å²) in [6.07, 6.45) is -5.93. The van der Waals surface area contributed by atoms with Crippen LogP contribution in [0.3, 0.4) is 0 Å². The number of carbonyl (C=O) groups is 2. The van der Waals surface area contributed by atoms with E-state index in [1.54, 1.807) is 30.1 Å². The molecule has 1 spiro atoms. The molecule has 0 N–H and O–H groups in total. The van der Waals surface area contributed by atoms with Crippen LogP contribution < -0.4 is 0 Å². The van der Waals surface area contributed by atoms with Gasteiger partial charge in [0.25, 0.3) is 5.91 Å². The maximum Gasteiger partial charge on any atom is 0.416 e. The van der Waals surface area contributed by atoms with Crippen molar-refractivity contribution >= 4 is 35.0 Å². The molecule has 56 heavy (non-hydrogen) atoms. The average molecular weight is 829 g/mol. The molecule has 2 fully saturated rings. The molecule has 2 aliphatic heterocycles. The van der Waals surface area contributed by atoms with Crippen molar-refractivity contribution in [3.05, 3.63) is 104 Å². The summed E-state index contributed by atoms with van der Waals surface area (Å²) in [5.74, 6) is -1.03. The number of morpholine rings is 1. The fourth-order valence-corrected chi connectivity index (χ4v) is 8.65. The van der Waals surface area contributed by atoms with Crippen molar-refractivity contribution < 1.29 is 45.4 Å². The van der Waals surface area contributed by atoms with E-state index in [0.29, 0.717) is 56.7 Å². The fraction of sp³-hybridized carbons (Fsp3) is 0.512. The lowest BCUT2D eigenvalue weighted by molar-refractivity contribution is -0.143. The van der Waals surface area contributed by atoms with Crippen molar-refractivity contribution in [2.24, 2.45) is 0 Å². The molecule has 2 amide bonds. The summed E-state index contributed by atoms with van der Waals surface area (Å²) in [5.41, 5.74) is -2.33. The van der Waals surface area contributed by atoms with Crippen LogP contribution >= 0.6 is 23.2 Å². The van der Waals surface area contributed by atoms with E-state index < -0.39 is 40.6 Å². The molecule has 0 aromatic heterocycles. The van der Waals surface area contributed by atoms with Crippen molar-refractivity contribution in [2.75, 3.05) is 59.5 Å². The van der Waals surface area contributed by atoms with Crippen LogP contribution in [0.1, 0.15) is 77.2 Å². The molecule has 304 valence electrons. The molecule has 0 saturated carbocycles. The third-order valence-electron chi connectivity index (χ3n) is 11.6. The summed E-state index contributed by atoms with van der Waals surface area (Å²) in [4.78, 5) is 32.0. The van der Waals surface area contributed by atoms with Gasteiger partial charge in [-0.1, -0.05) is 66.9 Å². The summed E-state index contributed by atoms with van der Waals surface area (Å²) in [5, 5.41) is 0.506. The molecular formula is C41H45Cl2F6N3O4. The van der Waals surface area contributed by atoms with Crippen LogP contribution in [-0.4, -0.2) is 92.1 Å². The zero-order valence-electron chi connectivity index (χ0n) is 31.2. The Bertz CT molecular complexity index is 1870. The van der Waals surface area contributed by atoms with Crippen LogP contribution in [0.2, 0.25) is 10.0 Å². The molecule has 1 aliphatic carbocycles. The van der Waals surface area contributed by atoms with E-state index in [2.05, 4.69) is 24.0 Å². The van der Waals surface area contributed by atoms with E-state index in [1.807, 2.05) is 12.1 Å². The van der Waals surface area contributed by atoms with E-state index in [9.17, 15) is 35.9 Å². The van der Waals surface area contributed by atoms with Gasteiger partial charge < -0.3 is 24.2 Å².